The van der Waals surface area contributed by atoms with E-state index in [1.807, 2.05) is 18.2 Å². The number of hydrogen-bond acceptors (Lipinski definition) is 6. The van der Waals surface area contributed by atoms with Crippen LogP contribution in [-0.2, 0) is 6.42 Å². The quantitative estimate of drug-likeness (QED) is 0.841. The molecule has 3 rings (SSSR count). The lowest BCUT2D eigenvalue weighted by Crippen LogP contribution is -2.19. The van der Waals surface area contributed by atoms with Crippen molar-refractivity contribution < 1.29 is 14.0 Å². The van der Waals surface area contributed by atoms with Crippen LogP contribution in [0.3, 0.4) is 0 Å². The van der Waals surface area contributed by atoms with E-state index in [2.05, 4.69) is 15.5 Å². The molecule has 0 spiro atoms. The van der Waals surface area contributed by atoms with Gasteiger partial charge in [-0.3, -0.25) is 0 Å². The highest BCUT2D eigenvalue weighted by Gasteiger charge is 2.20. The van der Waals surface area contributed by atoms with E-state index in [0.29, 0.717) is 29.3 Å². The second-order valence-electron chi connectivity index (χ2n) is 5.09. The summed E-state index contributed by atoms with van der Waals surface area (Å²) in [5, 5.41) is 7.45. The van der Waals surface area contributed by atoms with Gasteiger partial charge in [0, 0.05) is 30.6 Å². The SMILES string of the molecule is COc1cc(OC)cc(-c2noc(CCNC3CC3)n2)c1. The highest BCUT2D eigenvalue weighted by Crippen LogP contribution is 2.28. The topological polar surface area (TPSA) is 69.4 Å². The number of benzene rings is 1. The first-order valence-electron chi connectivity index (χ1n) is 7.08. The summed E-state index contributed by atoms with van der Waals surface area (Å²) in [6.07, 6.45) is 3.29. The average Bonchev–Trinajstić information content (AvgIpc) is 3.22. The van der Waals surface area contributed by atoms with Gasteiger partial charge in [-0.25, -0.2) is 0 Å². The third kappa shape index (κ3) is 3.52. The molecule has 1 aliphatic rings. The van der Waals surface area contributed by atoms with Crippen molar-refractivity contribution in [3.63, 3.8) is 0 Å². The molecule has 1 N–H and O–H groups in total. The Balaban J connectivity index is 1.71. The van der Waals surface area contributed by atoms with Crippen molar-refractivity contribution in [2.45, 2.75) is 25.3 Å². The minimum absolute atomic E-state index is 0.550. The lowest BCUT2D eigenvalue weighted by atomic mass is 10.2. The molecule has 2 aromatic rings. The average molecular weight is 289 g/mol. The summed E-state index contributed by atoms with van der Waals surface area (Å²) in [7, 11) is 3.23. The monoisotopic (exact) mass is 289 g/mol. The lowest BCUT2D eigenvalue weighted by molar-refractivity contribution is 0.376. The minimum Gasteiger partial charge on any atom is -0.497 e. The van der Waals surface area contributed by atoms with Gasteiger partial charge in [0.1, 0.15) is 11.5 Å². The van der Waals surface area contributed by atoms with Crippen LogP contribution in [0.1, 0.15) is 18.7 Å². The molecule has 0 radical (unpaired) electrons. The Morgan fingerprint density at radius 1 is 1.19 bits per heavy atom. The van der Waals surface area contributed by atoms with E-state index in [0.717, 1.165) is 18.5 Å². The number of nitrogens with one attached hydrogen (secondary N) is 1. The molecule has 6 nitrogen and oxygen atoms in total. The van der Waals surface area contributed by atoms with Crippen LogP contribution < -0.4 is 14.8 Å². The molecular formula is C15H19N3O3. The molecule has 0 atom stereocenters. The number of aromatic nitrogens is 2. The van der Waals surface area contributed by atoms with Crippen LogP contribution in [0.2, 0.25) is 0 Å². The first kappa shape index (κ1) is 13.9. The molecule has 1 aromatic carbocycles. The molecule has 0 amide bonds. The van der Waals surface area contributed by atoms with Crippen molar-refractivity contribution in [2.75, 3.05) is 20.8 Å². The van der Waals surface area contributed by atoms with E-state index < -0.39 is 0 Å². The van der Waals surface area contributed by atoms with Crippen molar-refractivity contribution in [2.24, 2.45) is 0 Å². The van der Waals surface area contributed by atoms with Gasteiger partial charge < -0.3 is 19.3 Å². The van der Waals surface area contributed by atoms with Crippen LogP contribution in [-0.4, -0.2) is 36.9 Å². The van der Waals surface area contributed by atoms with Gasteiger partial charge in [-0.15, -0.1) is 0 Å². The molecule has 0 aliphatic heterocycles. The van der Waals surface area contributed by atoms with Crippen molar-refractivity contribution in [1.29, 1.82) is 0 Å². The van der Waals surface area contributed by atoms with E-state index in [-0.39, 0.29) is 0 Å². The van der Waals surface area contributed by atoms with Crippen molar-refractivity contribution in [1.82, 2.24) is 15.5 Å². The van der Waals surface area contributed by atoms with E-state index in [4.69, 9.17) is 14.0 Å². The third-order valence-corrected chi connectivity index (χ3v) is 3.43. The fraction of sp³-hybridized carbons (Fsp3) is 0.467. The zero-order chi connectivity index (χ0) is 14.7. The van der Waals surface area contributed by atoms with Gasteiger partial charge in [-0.1, -0.05) is 5.16 Å². The van der Waals surface area contributed by atoms with E-state index in [1.54, 1.807) is 14.2 Å². The van der Waals surface area contributed by atoms with Gasteiger partial charge in [0.05, 0.1) is 14.2 Å². The number of methoxy groups -OCH3 is 2. The Labute approximate surface area is 123 Å². The third-order valence-electron chi connectivity index (χ3n) is 3.43. The Kier molecular flexibility index (Phi) is 4.06. The summed E-state index contributed by atoms with van der Waals surface area (Å²) in [6, 6.07) is 6.22. The van der Waals surface area contributed by atoms with Crippen LogP contribution in [0.25, 0.3) is 11.4 Å². The van der Waals surface area contributed by atoms with Crippen molar-refractivity contribution >= 4 is 0 Å². The summed E-state index contributed by atoms with van der Waals surface area (Å²) in [4.78, 5) is 4.42. The second kappa shape index (κ2) is 6.13. The Hall–Kier alpha value is -2.08. The molecule has 6 heteroatoms. The predicted octanol–water partition coefficient (Wildman–Crippen LogP) is 2.05. The van der Waals surface area contributed by atoms with Gasteiger partial charge >= 0.3 is 0 Å². The van der Waals surface area contributed by atoms with E-state index >= 15 is 0 Å². The standard InChI is InChI=1S/C15H19N3O3/c1-19-12-7-10(8-13(9-12)20-2)15-17-14(21-18-15)5-6-16-11-3-4-11/h7-9,11,16H,3-6H2,1-2H3. The number of rotatable bonds is 7. The van der Waals surface area contributed by atoms with E-state index in [1.165, 1.54) is 12.8 Å². The smallest absolute Gasteiger partial charge is 0.228 e. The normalized spacial score (nSPS) is 14.2. The zero-order valence-electron chi connectivity index (χ0n) is 12.3. The fourth-order valence-electron chi connectivity index (χ4n) is 2.08. The van der Waals surface area contributed by atoms with Gasteiger partial charge in [-0.2, -0.15) is 4.98 Å². The Bertz CT molecular complexity index is 586. The zero-order valence-corrected chi connectivity index (χ0v) is 12.3. The minimum atomic E-state index is 0.550. The summed E-state index contributed by atoms with van der Waals surface area (Å²) in [5.41, 5.74) is 0.816. The summed E-state index contributed by atoms with van der Waals surface area (Å²) < 4.78 is 15.8. The first-order valence-corrected chi connectivity index (χ1v) is 7.08. The van der Waals surface area contributed by atoms with Gasteiger partial charge in [0.25, 0.3) is 0 Å². The molecule has 112 valence electrons. The maximum absolute atomic E-state index is 5.29. The predicted molar refractivity (Wildman–Crippen MR) is 77.6 cm³/mol. The van der Waals surface area contributed by atoms with Crippen molar-refractivity contribution in [3.8, 4) is 22.9 Å². The van der Waals surface area contributed by atoms with Gasteiger partial charge in [0.15, 0.2) is 0 Å². The highest BCUT2D eigenvalue weighted by atomic mass is 16.5. The second-order valence-corrected chi connectivity index (χ2v) is 5.09. The van der Waals surface area contributed by atoms with E-state index in [9.17, 15) is 0 Å². The molecule has 21 heavy (non-hydrogen) atoms. The molecule has 1 heterocycles. The van der Waals surface area contributed by atoms with Crippen LogP contribution in [0.5, 0.6) is 11.5 Å². The maximum atomic E-state index is 5.29. The Morgan fingerprint density at radius 3 is 2.52 bits per heavy atom. The molecule has 0 bridgehead atoms. The number of ether oxygens (including phenoxy) is 2. The summed E-state index contributed by atoms with van der Waals surface area (Å²) in [5.74, 6) is 2.59. The first-order chi connectivity index (χ1) is 10.3. The molecule has 1 fully saturated rings. The number of nitrogens with zero attached hydrogens (tertiary/aromatic N) is 2. The Morgan fingerprint density at radius 2 is 1.90 bits per heavy atom. The van der Waals surface area contributed by atoms with Crippen LogP contribution in [0.15, 0.2) is 22.7 Å². The molecular weight excluding hydrogens is 270 g/mol. The lowest BCUT2D eigenvalue weighted by Gasteiger charge is -2.05. The molecule has 1 aromatic heterocycles. The van der Waals surface area contributed by atoms with Gasteiger partial charge in [-0.05, 0) is 25.0 Å². The largest absolute Gasteiger partial charge is 0.497 e. The number of hydrogen-bond donors (Lipinski definition) is 1. The maximum Gasteiger partial charge on any atom is 0.228 e. The van der Waals surface area contributed by atoms with Crippen molar-refractivity contribution in [3.05, 3.63) is 24.1 Å². The molecule has 1 aliphatic carbocycles. The van der Waals surface area contributed by atoms with Crippen LogP contribution in [0, 0.1) is 0 Å². The summed E-state index contributed by atoms with van der Waals surface area (Å²) >= 11 is 0. The summed E-state index contributed by atoms with van der Waals surface area (Å²) in [6.45, 7) is 0.869. The van der Waals surface area contributed by atoms with Crippen LogP contribution >= 0.6 is 0 Å². The highest BCUT2D eigenvalue weighted by molar-refractivity contribution is 5.60. The van der Waals surface area contributed by atoms with Gasteiger partial charge in [0.2, 0.25) is 11.7 Å². The van der Waals surface area contributed by atoms with Crippen LogP contribution in [0.4, 0.5) is 0 Å². The molecule has 0 unspecified atom stereocenters. The fourth-order valence-corrected chi connectivity index (χ4v) is 2.08. The molecule has 1 saturated carbocycles. The molecule has 0 saturated heterocycles.